The average Bonchev–Trinajstić information content (AvgIpc) is 3.30. The van der Waals surface area contributed by atoms with Crippen LogP contribution in [0.25, 0.3) is 11.0 Å². The zero-order valence-electron chi connectivity index (χ0n) is 17.0. The second-order valence-electron chi connectivity index (χ2n) is 7.22. The van der Waals surface area contributed by atoms with Crippen LogP contribution in [0.15, 0.2) is 53.6 Å². The number of ether oxygens (including phenoxy) is 2. The van der Waals surface area contributed by atoms with Crippen LogP contribution in [0.3, 0.4) is 0 Å². The summed E-state index contributed by atoms with van der Waals surface area (Å²) in [6.07, 6.45) is 2.83. The summed E-state index contributed by atoms with van der Waals surface area (Å²) in [6, 6.07) is 15.7. The Morgan fingerprint density at radius 2 is 2.03 bits per heavy atom. The lowest BCUT2D eigenvalue weighted by molar-refractivity contribution is -0.119. The van der Waals surface area contributed by atoms with Gasteiger partial charge in [-0.2, -0.15) is 0 Å². The van der Waals surface area contributed by atoms with Crippen LogP contribution >= 0.6 is 11.8 Å². The molecule has 0 aliphatic carbocycles. The van der Waals surface area contributed by atoms with Crippen molar-refractivity contribution in [3.8, 4) is 5.75 Å². The molecule has 0 bridgehead atoms. The van der Waals surface area contributed by atoms with Gasteiger partial charge >= 0.3 is 0 Å². The number of fused-ring (bicyclic) bond motifs is 1. The van der Waals surface area contributed by atoms with E-state index in [0.717, 1.165) is 52.5 Å². The third-order valence-corrected chi connectivity index (χ3v) is 6.01. The van der Waals surface area contributed by atoms with Crippen molar-refractivity contribution in [3.63, 3.8) is 0 Å². The fraction of sp³-hybridized carbons (Fsp3) is 0.348. The number of benzene rings is 2. The Morgan fingerprint density at radius 3 is 2.80 bits per heavy atom. The highest BCUT2D eigenvalue weighted by molar-refractivity contribution is 7.99. The van der Waals surface area contributed by atoms with Gasteiger partial charge in [0.1, 0.15) is 10.8 Å². The van der Waals surface area contributed by atoms with Crippen LogP contribution in [0.2, 0.25) is 0 Å². The van der Waals surface area contributed by atoms with E-state index in [-0.39, 0.29) is 12.0 Å². The fourth-order valence-corrected chi connectivity index (χ4v) is 4.26. The Kier molecular flexibility index (Phi) is 6.81. The minimum Gasteiger partial charge on any atom is -0.497 e. The maximum Gasteiger partial charge on any atom is 0.230 e. The fourth-order valence-electron chi connectivity index (χ4n) is 3.44. The molecule has 3 aromatic rings. The molecule has 6 nitrogen and oxygen atoms in total. The van der Waals surface area contributed by atoms with Crippen molar-refractivity contribution in [2.45, 2.75) is 30.4 Å². The lowest BCUT2D eigenvalue weighted by Gasteiger charge is -2.12. The number of carbonyl (C=O) groups is 1. The number of hydrogen-bond acceptors (Lipinski definition) is 6. The van der Waals surface area contributed by atoms with E-state index in [2.05, 4.69) is 5.32 Å². The Balaban J connectivity index is 1.49. The number of nitrogens with one attached hydrogen (secondary N) is 1. The van der Waals surface area contributed by atoms with Crippen LogP contribution in [-0.2, 0) is 16.0 Å². The summed E-state index contributed by atoms with van der Waals surface area (Å²) in [5, 5.41) is 3.75. The van der Waals surface area contributed by atoms with Gasteiger partial charge in [0.15, 0.2) is 0 Å². The summed E-state index contributed by atoms with van der Waals surface area (Å²) in [4.78, 5) is 22.0. The van der Waals surface area contributed by atoms with Crippen LogP contribution in [0, 0.1) is 0 Å². The first-order valence-corrected chi connectivity index (χ1v) is 11.1. The van der Waals surface area contributed by atoms with Gasteiger partial charge in [-0.1, -0.05) is 36.0 Å². The molecule has 0 saturated carbocycles. The molecule has 7 heteroatoms. The molecule has 2 heterocycles. The SMILES string of the molecule is COc1cccc(Cc2nc3ccccc3nc2SCC(=O)NCC2CCCO2)c1. The van der Waals surface area contributed by atoms with E-state index >= 15 is 0 Å². The third kappa shape index (κ3) is 5.29. The number of thioether (sulfide) groups is 1. The van der Waals surface area contributed by atoms with Crippen molar-refractivity contribution in [2.75, 3.05) is 26.0 Å². The highest BCUT2D eigenvalue weighted by Crippen LogP contribution is 2.25. The minimum atomic E-state index is -0.0159. The summed E-state index contributed by atoms with van der Waals surface area (Å²) >= 11 is 1.42. The van der Waals surface area contributed by atoms with Crippen LogP contribution in [0.4, 0.5) is 0 Å². The maximum atomic E-state index is 12.3. The molecule has 156 valence electrons. The largest absolute Gasteiger partial charge is 0.497 e. The molecule has 1 fully saturated rings. The predicted octanol–water partition coefficient (Wildman–Crippen LogP) is 3.62. The summed E-state index contributed by atoms with van der Waals surface area (Å²) in [5.41, 5.74) is 3.62. The Labute approximate surface area is 180 Å². The van der Waals surface area contributed by atoms with Crippen molar-refractivity contribution in [3.05, 3.63) is 59.8 Å². The Hall–Kier alpha value is -2.64. The van der Waals surface area contributed by atoms with E-state index in [4.69, 9.17) is 19.4 Å². The molecule has 4 rings (SSSR count). The van der Waals surface area contributed by atoms with Crippen LogP contribution in [-0.4, -0.2) is 48.0 Å². The summed E-state index contributed by atoms with van der Waals surface area (Å²) in [7, 11) is 1.66. The normalized spacial score (nSPS) is 16.0. The lowest BCUT2D eigenvalue weighted by atomic mass is 10.1. The van der Waals surface area contributed by atoms with Gasteiger partial charge in [0.25, 0.3) is 0 Å². The van der Waals surface area contributed by atoms with Crippen molar-refractivity contribution in [2.24, 2.45) is 0 Å². The van der Waals surface area contributed by atoms with Gasteiger partial charge in [-0.15, -0.1) is 0 Å². The number of aromatic nitrogens is 2. The molecular formula is C23H25N3O3S. The van der Waals surface area contributed by atoms with Gasteiger partial charge < -0.3 is 14.8 Å². The first-order chi connectivity index (χ1) is 14.7. The third-order valence-electron chi connectivity index (χ3n) is 5.00. The summed E-state index contributed by atoms with van der Waals surface area (Å²) in [5.74, 6) is 1.09. The average molecular weight is 424 g/mol. The van der Waals surface area contributed by atoms with Crippen LogP contribution in [0.5, 0.6) is 5.75 Å². The van der Waals surface area contributed by atoms with E-state index < -0.39 is 0 Å². The minimum absolute atomic E-state index is 0.0159. The lowest BCUT2D eigenvalue weighted by Crippen LogP contribution is -2.32. The van der Waals surface area contributed by atoms with Gasteiger partial charge in [0.2, 0.25) is 5.91 Å². The van der Waals surface area contributed by atoms with Crippen molar-refractivity contribution >= 4 is 28.7 Å². The van der Waals surface area contributed by atoms with Gasteiger partial charge in [-0.05, 0) is 42.7 Å². The molecule has 30 heavy (non-hydrogen) atoms. The molecular weight excluding hydrogens is 398 g/mol. The molecule has 1 amide bonds. The molecule has 2 aromatic carbocycles. The monoisotopic (exact) mass is 423 g/mol. The van der Waals surface area contributed by atoms with E-state index in [0.29, 0.717) is 18.7 Å². The van der Waals surface area contributed by atoms with Crippen molar-refractivity contribution < 1.29 is 14.3 Å². The second-order valence-corrected chi connectivity index (χ2v) is 8.18. The smallest absolute Gasteiger partial charge is 0.230 e. The van der Waals surface area contributed by atoms with E-state index in [1.807, 2.05) is 48.5 Å². The molecule has 1 saturated heterocycles. The molecule has 1 atom stereocenters. The molecule has 1 aliphatic heterocycles. The summed E-state index contributed by atoms with van der Waals surface area (Å²) in [6.45, 7) is 1.36. The summed E-state index contributed by atoms with van der Waals surface area (Å²) < 4.78 is 10.9. The number of amides is 1. The molecule has 0 spiro atoms. The highest BCUT2D eigenvalue weighted by Gasteiger charge is 2.17. The van der Waals surface area contributed by atoms with Gasteiger partial charge in [0, 0.05) is 19.6 Å². The standard InChI is InChI=1S/C23H25N3O3S/c1-28-17-7-4-6-16(12-17)13-21-23(26-20-10-3-2-9-19(20)25-21)30-15-22(27)24-14-18-8-5-11-29-18/h2-4,6-7,9-10,12,18H,5,8,11,13-15H2,1H3,(H,24,27). The molecule has 1 aliphatic rings. The van der Waals surface area contributed by atoms with Crippen molar-refractivity contribution in [1.29, 1.82) is 0 Å². The van der Waals surface area contributed by atoms with Gasteiger partial charge in [-0.3, -0.25) is 4.79 Å². The number of rotatable bonds is 8. The quantitative estimate of drug-likeness (QED) is 0.558. The van der Waals surface area contributed by atoms with Gasteiger partial charge in [-0.25, -0.2) is 9.97 Å². The number of nitrogens with zero attached hydrogens (tertiary/aromatic N) is 2. The van der Waals surface area contributed by atoms with Crippen LogP contribution < -0.4 is 10.1 Å². The Morgan fingerprint density at radius 1 is 1.20 bits per heavy atom. The highest BCUT2D eigenvalue weighted by atomic mass is 32.2. The van der Waals surface area contributed by atoms with E-state index in [1.165, 1.54) is 11.8 Å². The Bertz CT molecular complexity index is 1020. The molecule has 1 N–H and O–H groups in total. The maximum absolute atomic E-state index is 12.3. The number of carbonyl (C=O) groups excluding carboxylic acids is 1. The van der Waals surface area contributed by atoms with E-state index in [9.17, 15) is 4.79 Å². The first-order valence-electron chi connectivity index (χ1n) is 10.1. The second kappa shape index (κ2) is 9.91. The number of methoxy groups -OCH3 is 1. The molecule has 1 unspecified atom stereocenters. The van der Waals surface area contributed by atoms with E-state index in [1.54, 1.807) is 7.11 Å². The van der Waals surface area contributed by atoms with Gasteiger partial charge in [0.05, 0.1) is 35.7 Å². The first kappa shape index (κ1) is 20.6. The zero-order chi connectivity index (χ0) is 20.8. The van der Waals surface area contributed by atoms with Crippen molar-refractivity contribution in [1.82, 2.24) is 15.3 Å². The number of para-hydroxylation sites is 2. The zero-order valence-corrected chi connectivity index (χ0v) is 17.8. The molecule has 1 aromatic heterocycles. The topological polar surface area (TPSA) is 73.3 Å². The predicted molar refractivity (Wildman–Crippen MR) is 118 cm³/mol. The number of hydrogen-bond donors (Lipinski definition) is 1. The van der Waals surface area contributed by atoms with Crippen LogP contribution in [0.1, 0.15) is 24.1 Å². The molecule has 0 radical (unpaired) electrons.